The van der Waals surface area contributed by atoms with Crippen molar-refractivity contribution in [1.82, 2.24) is 0 Å². The van der Waals surface area contributed by atoms with Crippen molar-refractivity contribution < 1.29 is 33.0 Å². The molecular formula is C22H20O7. The number of carbonyl (C=O) groups is 2. The highest BCUT2D eigenvalue weighted by Crippen LogP contribution is 2.45. The molecule has 1 heterocycles. The van der Waals surface area contributed by atoms with Crippen LogP contribution in [0.2, 0.25) is 0 Å². The topological polar surface area (TPSA) is 84.2 Å². The molecule has 0 saturated carbocycles. The molecule has 3 aromatic rings. The van der Waals surface area contributed by atoms with Crippen LogP contribution in [0.1, 0.15) is 13.8 Å². The van der Waals surface area contributed by atoms with E-state index in [1.54, 1.807) is 38.1 Å². The fraction of sp³-hybridized carbons (Fsp3) is 0.182. The van der Waals surface area contributed by atoms with Gasteiger partial charge >= 0.3 is 11.9 Å². The van der Waals surface area contributed by atoms with E-state index in [9.17, 15) is 9.59 Å². The summed E-state index contributed by atoms with van der Waals surface area (Å²) in [5, 5.41) is 1.42. The van der Waals surface area contributed by atoms with Gasteiger partial charge in [-0.05, 0) is 38.1 Å². The van der Waals surface area contributed by atoms with Crippen LogP contribution in [-0.2, 0) is 9.59 Å². The Balaban J connectivity index is 2.20. The van der Waals surface area contributed by atoms with Crippen LogP contribution in [0, 0.1) is 0 Å². The Morgan fingerprint density at radius 2 is 1.14 bits per heavy atom. The Morgan fingerprint density at radius 3 is 1.45 bits per heavy atom. The first-order valence-electron chi connectivity index (χ1n) is 8.64. The first-order valence-corrected chi connectivity index (χ1v) is 8.64. The number of benzene rings is 2. The molecule has 0 unspecified atom stereocenters. The van der Waals surface area contributed by atoms with Gasteiger partial charge in [0.2, 0.25) is 11.5 Å². The van der Waals surface area contributed by atoms with Gasteiger partial charge in [0.1, 0.15) is 0 Å². The summed E-state index contributed by atoms with van der Waals surface area (Å²) in [7, 11) is 2.88. The van der Waals surface area contributed by atoms with Crippen molar-refractivity contribution in [2.24, 2.45) is 0 Å². The minimum Gasteiger partial charge on any atom is -0.490 e. The van der Waals surface area contributed by atoms with Crippen LogP contribution in [0.15, 0.2) is 53.0 Å². The maximum Gasteiger partial charge on any atom is 0.338 e. The van der Waals surface area contributed by atoms with E-state index in [-0.39, 0.29) is 34.1 Å². The van der Waals surface area contributed by atoms with Crippen LogP contribution in [0.4, 0.5) is 0 Å². The second kappa shape index (κ2) is 7.71. The lowest BCUT2D eigenvalue weighted by Gasteiger charge is -2.09. The van der Waals surface area contributed by atoms with Crippen molar-refractivity contribution in [1.29, 1.82) is 0 Å². The number of ether oxygens (including phenoxy) is 4. The zero-order valence-electron chi connectivity index (χ0n) is 16.6. The number of hydrogen-bond donors (Lipinski definition) is 0. The van der Waals surface area contributed by atoms with Gasteiger partial charge in [-0.2, -0.15) is 0 Å². The predicted octanol–water partition coefficient (Wildman–Crippen LogP) is 4.57. The Bertz CT molecular complexity index is 1080. The van der Waals surface area contributed by atoms with E-state index in [2.05, 4.69) is 13.2 Å². The van der Waals surface area contributed by atoms with Crippen LogP contribution in [-0.4, -0.2) is 26.2 Å². The molecule has 0 fully saturated rings. The molecule has 0 aliphatic carbocycles. The van der Waals surface area contributed by atoms with Gasteiger partial charge in [-0.25, -0.2) is 9.59 Å². The zero-order valence-corrected chi connectivity index (χ0v) is 16.6. The molecular weight excluding hydrogens is 376 g/mol. The van der Waals surface area contributed by atoms with Gasteiger partial charge in [0.05, 0.1) is 14.2 Å². The molecule has 0 aliphatic rings. The molecule has 1 aromatic heterocycles. The van der Waals surface area contributed by atoms with Crippen molar-refractivity contribution in [3.63, 3.8) is 0 Å². The largest absolute Gasteiger partial charge is 0.490 e. The third-order valence-corrected chi connectivity index (χ3v) is 4.16. The molecule has 0 saturated heterocycles. The highest BCUT2D eigenvalue weighted by Gasteiger charge is 2.23. The molecule has 7 heteroatoms. The molecule has 0 atom stereocenters. The average Bonchev–Trinajstić information content (AvgIpc) is 3.05. The van der Waals surface area contributed by atoms with E-state index < -0.39 is 11.9 Å². The molecule has 2 aromatic carbocycles. The molecule has 7 nitrogen and oxygen atoms in total. The van der Waals surface area contributed by atoms with Crippen molar-refractivity contribution >= 4 is 33.9 Å². The summed E-state index contributed by atoms with van der Waals surface area (Å²) in [4.78, 5) is 23.8. The molecule has 0 spiro atoms. The van der Waals surface area contributed by atoms with Gasteiger partial charge in [0, 0.05) is 21.9 Å². The van der Waals surface area contributed by atoms with Crippen molar-refractivity contribution in [2.45, 2.75) is 13.8 Å². The first kappa shape index (κ1) is 20.0. The zero-order chi connectivity index (χ0) is 21.3. The molecule has 150 valence electrons. The molecule has 0 radical (unpaired) electrons. The summed E-state index contributed by atoms with van der Waals surface area (Å²) < 4.78 is 27.5. The fourth-order valence-electron chi connectivity index (χ4n) is 2.74. The number of hydrogen-bond acceptors (Lipinski definition) is 7. The van der Waals surface area contributed by atoms with Gasteiger partial charge < -0.3 is 23.4 Å². The van der Waals surface area contributed by atoms with Crippen LogP contribution in [0.25, 0.3) is 21.9 Å². The molecule has 0 amide bonds. The van der Waals surface area contributed by atoms with Gasteiger partial charge in [-0.1, -0.05) is 13.2 Å². The maximum atomic E-state index is 11.9. The molecule has 3 rings (SSSR count). The summed E-state index contributed by atoms with van der Waals surface area (Å²) in [6.07, 6.45) is 0. The third-order valence-electron chi connectivity index (χ3n) is 4.16. The highest BCUT2D eigenvalue weighted by atomic mass is 16.6. The number of esters is 2. The van der Waals surface area contributed by atoms with E-state index in [4.69, 9.17) is 23.4 Å². The van der Waals surface area contributed by atoms with E-state index in [0.717, 1.165) is 0 Å². The Kier molecular flexibility index (Phi) is 5.32. The van der Waals surface area contributed by atoms with Crippen molar-refractivity contribution in [2.75, 3.05) is 14.2 Å². The van der Waals surface area contributed by atoms with E-state index >= 15 is 0 Å². The summed E-state index contributed by atoms with van der Waals surface area (Å²) in [6, 6.07) is 6.70. The lowest BCUT2D eigenvalue weighted by Crippen LogP contribution is -2.09. The first-order chi connectivity index (χ1) is 13.8. The lowest BCUT2D eigenvalue weighted by molar-refractivity contribution is -0.131. The second-order valence-electron chi connectivity index (χ2n) is 6.39. The number of carbonyl (C=O) groups excluding carboxylic acids is 2. The normalized spacial score (nSPS) is 10.6. The minimum atomic E-state index is -0.578. The van der Waals surface area contributed by atoms with Crippen molar-refractivity contribution in [3.8, 4) is 23.0 Å². The third kappa shape index (κ3) is 3.54. The summed E-state index contributed by atoms with van der Waals surface area (Å²) in [5.74, 6) is -0.276. The quantitative estimate of drug-likeness (QED) is 0.343. The standard InChI is InChI=1S/C22H20O7/c1-11(2)21(23)27-15-9-7-13-14-8-10-16(28-22(24)12(3)4)20(26-6)18(14)29-17(13)19(15)25-5/h7-10H,1,3H2,2,4-6H3. The van der Waals surface area contributed by atoms with Gasteiger partial charge in [0.25, 0.3) is 0 Å². The Hall–Kier alpha value is -3.74. The second-order valence-corrected chi connectivity index (χ2v) is 6.39. The SMILES string of the molecule is C=C(C)C(=O)Oc1ccc2c(oc3c(OC)c(OC(=O)C(=C)C)ccc32)c1OC. The van der Waals surface area contributed by atoms with E-state index in [0.29, 0.717) is 21.9 Å². The van der Waals surface area contributed by atoms with E-state index in [1.807, 2.05) is 0 Å². The van der Waals surface area contributed by atoms with Crippen LogP contribution in [0.3, 0.4) is 0 Å². The monoisotopic (exact) mass is 396 g/mol. The highest BCUT2D eigenvalue weighted by molar-refractivity contribution is 6.10. The summed E-state index contributed by atoms with van der Waals surface area (Å²) in [5.41, 5.74) is 1.22. The van der Waals surface area contributed by atoms with Crippen LogP contribution < -0.4 is 18.9 Å². The molecule has 0 aliphatic heterocycles. The predicted molar refractivity (Wildman–Crippen MR) is 108 cm³/mol. The summed E-state index contributed by atoms with van der Waals surface area (Å²) >= 11 is 0. The van der Waals surface area contributed by atoms with E-state index in [1.165, 1.54) is 14.2 Å². The Labute approximate surface area is 167 Å². The lowest BCUT2D eigenvalue weighted by atomic mass is 10.1. The number of fused-ring (bicyclic) bond motifs is 3. The van der Waals surface area contributed by atoms with Gasteiger partial charge in [-0.3, -0.25) is 0 Å². The number of methoxy groups -OCH3 is 2. The van der Waals surface area contributed by atoms with Gasteiger partial charge in [0.15, 0.2) is 22.7 Å². The fourth-order valence-corrected chi connectivity index (χ4v) is 2.74. The minimum absolute atomic E-state index is 0.194. The average molecular weight is 396 g/mol. The van der Waals surface area contributed by atoms with Crippen LogP contribution in [0.5, 0.6) is 23.0 Å². The van der Waals surface area contributed by atoms with Gasteiger partial charge in [-0.15, -0.1) is 0 Å². The Morgan fingerprint density at radius 1 is 0.759 bits per heavy atom. The van der Waals surface area contributed by atoms with Crippen molar-refractivity contribution in [3.05, 3.63) is 48.6 Å². The number of furan rings is 1. The molecule has 29 heavy (non-hydrogen) atoms. The van der Waals surface area contributed by atoms with Crippen LogP contribution >= 0.6 is 0 Å². The summed E-state index contributed by atoms with van der Waals surface area (Å²) in [6.45, 7) is 10.2. The number of rotatable bonds is 6. The molecule has 0 bridgehead atoms. The maximum absolute atomic E-state index is 11.9. The smallest absolute Gasteiger partial charge is 0.338 e. The molecule has 0 N–H and O–H groups in total.